The van der Waals surface area contributed by atoms with Crippen LogP contribution in [0.3, 0.4) is 0 Å². The molecule has 1 unspecified atom stereocenters. The average Bonchev–Trinajstić information content (AvgIpc) is 2.36. The zero-order valence-electron chi connectivity index (χ0n) is 10.9. The Hall–Kier alpha value is -1.84. The fraction of sp³-hybridized carbons (Fsp3) is 0.429. The minimum Gasteiger partial charge on any atom is -0.370 e. The number of nitrogens with one attached hydrogen (secondary N) is 1. The van der Waals surface area contributed by atoms with Gasteiger partial charge in [0, 0.05) is 18.0 Å². The zero-order valence-corrected chi connectivity index (χ0v) is 10.9. The number of nitrogens with two attached hydrogens (primary N) is 1. The standard InChI is InChI=1S/C14H20N2O2/c1-3-11-5-4-6-12(9-11)14(18)16-10(2)7-8-13(15)17/h4-6,9-10H,3,7-8H2,1-2H3,(H2,15,17)(H,16,18). The van der Waals surface area contributed by atoms with Crippen LogP contribution in [-0.4, -0.2) is 17.9 Å². The molecule has 0 radical (unpaired) electrons. The Morgan fingerprint density at radius 3 is 2.72 bits per heavy atom. The molecule has 18 heavy (non-hydrogen) atoms. The van der Waals surface area contributed by atoms with E-state index in [2.05, 4.69) is 5.32 Å². The molecular weight excluding hydrogens is 228 g/mol. The van der Waals surface area contributed by atoms with Crippen molar-refractivity contribution < 1.29 is 9.59 Å². The first kappa shape index (κ1) is 14.2. The first-order chi connectivity index (χ1) is 8.52. The first-order valence-corrected chi connectivity index (χ1v) is 6.21. The summed E-state index contributed by atoms with van der Waals surface area (Å²) in [6.07, 6.45) is 1.75. The van der Waals surface area contributed by atoms with E-state index in [9.17, 15) is 9.59 Å². The Bertz CT molecular complexity index is 430. The lowest BCUT2D eigenvalue weighted by Gasteiger charge is -2.13. The van der Waals surface area contributed by atoms with E-state index in [4.69, 9.17) is 5.73 Å². The zero-order chi connectivity index (χ0) is 13.5. The normalized spacial score (nSPS) is 11.9. The van der Waals surface area contributed by atoms with E-state index < -0.39 is 0 Å². The van der Waals surface area contributed by atoms with E-state index in [0.717, 1.165) is 12.0 Å². The van der Waals surface area contributed by atoms with Crippen molar-refractivity contribution in [3.05, 3.63) is 35.4 Å². The second-order valence-electron chi connectivity index (χ2n) is 4.43. The molecule has 2 amide bonds. The average molecular weight is 248 g/mol. The van der Waals surface area contributed by atoms with E-state index in [1.54, 1.807) is 6.07 Å². The quantitative estimate of drug-likeness (QED) is 0.803. The van der Waals surface area contributed by atoms with Crippen molar-refractivity contribution in [2.24, 2.45) is 5.73 Å². The van der Waals surface area contributed by atoms with Gasteiger partial charge < -0.3 is 11.1 Å². The van der Waals surface area contributed by atoms with Gasteiger partial charge in [0.25, 0.3) is 5.91 Å². The minimum absolute atomic E-state index is 0.0599. The molecule has 1 aromatic carbocycles. The van der Waals surface area contributed by atoms with E-state index >= 15 is 0 Å². The lowest BCUT2D eigenvalue weighted by Crippen LogP contribution is -2.33. The van der Waals surface area contributed by atoms with Crippen LogP contribution in [0.25, 0.3) is 0 Å². The number of hydrogen-bond donors (Lipinski definition) is 2. The van der Waals surface area contributed by atoms with Crippen molar-refractivity contribution in [3.63, 3.8) is 0 Å². The molecular formula is C14H20N2O2. The van der Waals surface area contributed by atoms with Crippen molar-refractivity contribution in [2.75, 3.05) is 0 Å². The molecule has 1 atom stereocenters. The number of benzene rings is 1. The van der Waals surface area contributed by atoms with Gasteiger partial charge in [-0.05, 0) is 37.5 Å². The second-order valence-corrected chi connectivity index (χ2v) is 4.43. The minimum atomic E-state index is -0.343. The molecule has 1 aromatic rings. The van der Waals surface area contributed by atoms with Gasteiger partial charge >= 0.3 is 0 Å². The van der Waals surface area contributed by atoms with Crippen LogP contribution in [-0.2, 0) is 11.2 Å². The van der Waals surface area contributed by atoms with E-state index in [-0.39, 0.29) is 24.3 Å². The summed E-state index contributed by atoms with van der Waals surface area (Å²) < 4.78 is 0. The molecule has 4 heteroatoms. The van der Waals surface area contributed by atoms with Crippen LogP contribution >= 0.6 is 0 Å². The highest BCUT2D eigenvalue weighted by molar-refractivity contribution is 5.94. The number of hydrogen-bond acceptors (Lipinski definition) is 2. The predicted molar refractivity (Wildman–Crippen MR) is 71.2 cm³/mol. The molecule has 4 nitrogen and oxygen atoms in total. The molecule has 0 aliphatic heterocycles. The highest BCUT2D eigenvalue weighted by atomic mass is 16.2. The predicted octanol–water partition coefficient (Wildman–Crippen LogP) is 1.63. The Morgan fingerprint density at radius 2 is 2.11 bits per heavy atom. The number of carbonyl (C=O) groups excluding carboxylic acids is 2. The monoisotopic (exact) mass is 248 g/mol. The molecule has 98 valence electrons. The van der Waals surface area contributed by atoms with Crippen molar-refractivity contribution in [1.29, 1.82) is 0 Å². The lowest BCUT2D eigenvalue weighted by atomic mass is 10.1. The Kier molecular flexibility index (Phi) is 5.36. The summed E-state index contributed by atoms with van der Waals surface area (Å²) in [5.74, 6) is -0.452. The highest BCUT2D eigenvalue weighted by Crippen LogP contribution is 2.07. The van der Waals surface area contributed by atoms with E-state index in [1.807, 2.05) is 32.0 Å². The SMILES string of the molecule is CCc1cccc(C(=O)NC(C)CCC(N)=O)c1. The van der Waals surface area contributed by atoms with Gasteiger partial charge in [-0.15, -0.1) is 0 Å². The van der Waals surface area contributed by atoms with Crippen LogP contribution in [0, 0.1) is 0 Å². The summed E-state index contributed by atoms with van der Waals surface area (Å²) in [5.41, 5.74) is 6.85. The topological polar surface area (TPSA) is 72.2 Å². The van der Waals surface area contributed by atoms with E-state index in [1.165, 1.54) is 0 Å². The van der Waals surface area contributed by atoms with Crippen molar-refractivity contribution in [1.82, 2.24) is 5.32 Å². The molecule has 0 heterocycles. The number of carbonyl (C=O) groups is 2. The molecule has 0 fully saturated rings. The van der Waals surface area contributed by atoms with Crippen molar-refractivity contribution >= 4 is 11.8 Å². The van der Waals surface area contributed by atoms with Crippen LogP contribution < -0.4 is 11.1 Å². The summed E-state index contributed by atoms with van der Waals surface area (Å²) in [4.78, 5) is 22.6. The van der Waals surface area contributed by atoms with Gasteiger partial charge in [-0.25, -0.2) is 0 Å². The molecule has 0 aromatic heterocycles. The fourth-order valence-electron chi connectivity index (χ4n) is 1.67. The summed E-state index contributed by atoms with van der Waals surface area (Å²) in [7, 11) is 0. The second kappa shape index (κ2) is 6.79. The third-order valence-corrected chi connectivity index (χ3v) is 2.80. The van der Waals surface area contributed by atoms with Crippen LogP contribution in [0.1, 0.15) is 42.6 Å². The molecule has 0 aliphatic carbocycles. The van der Waals surface area contributed by atoms with Gasteiger partial charge in [0.15, 0.2) is 0 Å². The van der Waals surface area contributed by atoms with Gasteiger partial charge in [0.2, 0.25) is 5.91 Å². The van der Waals surface area contributed by atoms with Gasteiger partial charge in [0.1, 0.15) is 0 Å². The Balaban J connectivity index is 2.56. The third-order valence-electron chi connectivity index (χ3n) is 2.80. The summed E-state index contributed by atoms with van der Waals surface area (Å²) in [6.45, 7) is 3.91. The van der Waals surface area contributed by atoms with Crippen molar-refractivity contribution in [2.45, 2.75) is 39.2 Å². The maximum atomic E-state index is 11.9. The number of rotatable bonds is 6. The largest absolute Gasteiger partial charge is 0.370 e. The maximum Gasteiger partial charge on any atom is 0.251 e. The third kappa shape index (κ3) is 4.57. The lowest BCUT2D eigenvalue weighted by molar-refractivity contribution is -0.118. The van der Waals surface area contributed by atoms with Gasteiger partial charge in [0.05, 0.1) is 0 Å². The van der Waals surface area contributed by atoms with Crippen molar-refractivity contribution in [3.8, 4) is 0 Å². The Morgan fingerprint density at radius 1 is 1.39 bits per heavy atom. The van der Waals surface area contributed by atoms with Crippen LogP contribution in [0.4, 0.5) is 0 Å². The molecule has 1 rings (SSSR count). The first-order valence-electron chi connectivity index (χ1n) is 6.21. The number of primary amides is 1. The Labute approximate surface area is 108 Å². The molecule has 0 bridgehead atoms. The molecule has 0 saturated heterocycles. The van der Waals surface area contributed by atoms with Gasteiger partial charge in [-0.1, -0.05) is 19.1 Å². The molecule has 0 saturated carbocycles. The molecule has 0 aliphatic rings. The number of amides is 2. The van der Waals surface area contributed by atoms with E-state index in [0.29, 0.717) is 12.0 Å². The highest BCUT2D eigenvalue weighted by Gasteiger charge is 2.10. The summed E-state index contributed by atoms with van der Waals surface area (Å²) in [5, 5.41) is 2.86. The number of aryl methyl sites for hydroxylation is 1. The summed E-state index contributed by atoms with van der Waals surface area (Å²) >= 11 is 0. The maximum absolute atomic E-state index is 11.9. The molecule has 0 spiro atoms. The summed E-state index contributed by atoms with van der Waals surface area (Å²) in [6, 6.07) is 7.48. The van der Waals surface area contributed by atoms with Crippen LogP contribution in [0.15, 0.2) is 24.3 Å². The van der Waals surface area contributed by atoms with Crippen LogP contribution in [0.2, 0.25) is 0 Å². The fourth-order valence-corrected chi connectivity index (χ4v) is 1.67. The van der Waals surface area contributed by atoms with Gasteiger partial charge in [-0.2, -0.15) is 0 Å². The smallest absolute Gasteiger partial charge is 0.251 e. The molecule has 3 N–H and O–H groups in total. The van der Waals surface area contributed by atoms with Crippen LogP contribution in [0.5, 0.6) is 0 Å². The van der Waals surface area contributed by atoms with Gasteiger partial charge in [-0.3, -0.25) is 9.59 Å².